The molecule has 0 bridgehead atoms. The third kappa shape index (κ3) is 2.15. The van der Waals surface area contributed by atoms with E-state index in [1.807, 2.05) is 0 Å². The summed E-state index contributed by atoms with van der Waals surface area (Å²) >= 11 is 0. The molecule has 25 heavy (non-hydrogen) atoms. The Kier molecular flexibility index (Phi) is 3.56. The maximum atomic E-state index is 11.0. The summed E-state index contributed by atoms with van der Waals surface area (Å²) < 4.78 is 12.1. The second-order valence-electron chi connectivity index (χ2n) is 10.7. The van der Waals surface area contributed by atoms with Gasteiger partial charge in [0.2, 0.25) is 0 Å². The fourth-order valence-electron chi connectivity index (χ4n) is 8.20. The van der Waals surface area contributed by atoms with Crippen LogP contribution in [0.15, 0.2) is 0 Å². The van der Waals surface area contributed by atoms with Crippen molar-refractivity contribution < 1.29 is 14.6 Å². The van der Waals surface area contributed by atoms with Crippen molar-refractivity contribution in [2.45, 2.75) is 89.9 Å². The van der Waals surface area contributed by atoms with Crippen LogP contribution in [0.5, 0.6) is 0 Å². The lowest BCUT2D eigenvalue weighted by Crippen LogP contribution is -2.57. The lowest BCUT2D eigenvalue weighted by atomic mass is 9.44. The van der Waals surface area contributed by atoms with Crippen molar-refractivity contribution in [3.8, 4) is 0 Å². The molecule has 0 aromatic carbocycles. The maximum Gasteiger partial charge on any atom is 0.168 e. The molecule has 1 saturated heterocycles. The number of aliphatic hydroxyl groups is 1. The molecule has 5 fully saturated rings. The summed E-state index contributed by atoms with van der Waals surface area (Å²) in [6, 6.07) is 0. The molecule has 3 nitrogen and oxygen atoms in total. The summed E-state index contributed by atoms with van der Waals surface area (Å²) in [5.74, 6) is 2.92. The van der Waals surface area contributed by atoms with Gasteiger partial charge in [0.15, 0.2) is 5.79 Å². The van der Waals surface area contributed by atoms with Gasteiger partial charge >= 0.3 is 0 Å². The van der Waals surface area contributed by atoms with Gasteiger partial charge in [-0.3, -0.25) is 0 Å². The Bertz CT molecular complexity index is 551. The Morgan fingerprint density at radius 2 is 1.52 bits per heavy atom. The first-order valence-electron chi connectivity index (χ1n) is 10.8. The fraction of sp³-hybridized carbons (Fsp3) is 1.00. The SMILES string of the molecule is C[C@]12CCC3(C[C@H]1CC[C@H]1[C@H]2CC[C@]2(C)[C@@H]1CC[C@@]2(C)O)OCCO3. The van der Waals surface area contributed by atoms with Crippen molar-refractivity contribution in [1.82, 2.24) is 0 Å². The minimum absolute atomic E-state index is 0.144. The molecule has 7 atom stereocenters. The van der Waals surface area contributed by atoms with E-state index in [1.165, 1.54) is 38.5 Å². The van der Waals surface area contributed by atoms with Crippen LogP contribution < -0.4 is 0 Å². The number of ether oxygens (including phenoxy) is 2. The molecular weight excluding hydrogens is 312 g/mol. The molecule has 0 unspecified atom stereocenters. The second kappa shape index (κ2) is 5.23. The van der Waals surface area contributed by atoms with Crippen molar-refractivity contribution >= 4 is 0 Å². The summed E-state index contributed by atoms with van der Waals surface area (Å²) in [6.07, 6.45) is 10.9. The number of rotatable bonds is 0. The first-order chi connectivity index (χ1) is 11.8. The average Bonchev–Trinajstić information content (AvgIpc) is 3.11. The van der Waals surface area contributed by atoms with E-state index in [4.69, 9.17) is 9.47 Å². The van der Waals surface area contributed by atoms with Gasteiger partial charge in [-0.2, -0.15) is 0 Å². The molecule has 1 N–H and O–H groups in total. The molecule has 4 aliphatic carbocycles. The first kappa shape index (κ1) is 17.0. The quantitative estimate of drug-likeness (QED) is 0.699. The molecule has 3 heteroatoms. The van der Waals surface area contributed by atoms with Crippen LogP contribution in [0.1, 0.15) is 78.6 Å². The van der Waals surface area contributed by atoms with E-state index in [1.54, 1.807) is 0 Å². The zero-order chi connectivity index (χ0) is 17.5. The normalized spacial score (nSPS) is 57.1. The molecule has 1 spiro atoms. The van der Waals surface area contributed by atoms with Gasteiger partial charge in [-0.25, -0.2) is 0 Å². The van der Waals surface area contributed by atoms with Gasteiger partial charge < -0.3 is 14.6 Å². The molecule has 0 radical (unpaired) electrons. The standard InChI is InChI=1S/C22H36O3/c1-19-10-11-22(24-12-13-25-22)14-15(19)4-5-16-17(19)6-8-20(2)18(16)7-9-21(20,3)23/h15-18,23H,4-14H2,1-3H3/t15-,16+,17-,18-,19+,20-,21-/m1/s1. The van der Waals surface area contributed by atoms with Gasteiger partial charge in [-0.1, -0.05) is 13.8 Å². The van der Waals surface area contributed by atoms with E-state index >= 15 is 0 Å². The molecule has 0 aromatic heterocycles. The topological polar surface area (TPSA) is 38.7 Å². The fourth-order valence-corrected chi connectivity index (χ4v) is 8.20. The Morgan fingerprint density at radius 3 is 2.28 bits per heavy atom. The van der Waals surface area contributed by atoms with E-state index in [0.29, 0.717) is 5.41 Å². The van der Waals surface area contributed by atoms with Crippen LogP contribution in [0, 0.1) is 34.5 Å². The Balaban J connectivity index is 1.41. The van der Waals surface area contributed by atoms with Gasteiger partial charge in [0.25, 0.3) is 0 Å². The summed E-state index contributed by atoms with van der Waals surface area (Å²) in [7, 11) is 0. The van der Waals surface area contributed by atoms with Crippen molar-refractivity contribution in [3.05, 3.63) is 0 Å². The number of hydrogen-bond acceptors (Lipinski definition) is 3. The van der Waals surface area contributed by atoms with E-state index in [2.05, 4.69) is 20.8 Å². The van der Waals surface area contributed by atoms with E-state index < -0.39 is 5.60 Å². The van der Waals surface area contributed by atoms with Crippen molar-refractivity contribution in [1.29, 1.82) is 0 Å². The van der Waals surface area contributed by atoms with Gasteiger partial charge in [-0.15, -0.1) is 0 Å². The highest BCUT2D eigenvalue weighted by Crippen LogP contribution is 2.69. The van der Waals surface area contributed by atoms with Crippen LogP contribution in [0.4, 0.5) is 0 Å². The molecule has 142 valence electrons. The van der Waals surface area contributed by atoms with Gasteiger partial charge in [-0.05, 0) is 86.4 Å². The Hall–Kier alpha value is -0.120. The van der Waals surface area contributed by atoms with Gasteiger partial charge in [0.1, 0.15) is 0 Å². The highest BCUT2D eigenvalue weighted by molar-refractivity contribution is 5.13. The second-order valence-corrected chi connectivity index (χ2v) is 10.7. The van der Waals surface area contributed by atoms with E-state index in [-0.39, 0.29) is 11.2 Å². The maximum absolute atomic E-state index is 11.0. The van der Waals surface area contributed by atoms with Crippen LogP contribution in [-0.4, -0.2) is 29.7 Å². The van der Waals surface area contributed by atoms with Crippen molar-refractivity contribution in [3.63, 3.8) is 0 Å². The Morgan fingerprint density at radius 1 is 0.800 bits per heavy atom. The zero-order valence-corrected chi connectivity index (χ0v) is 16.4. The van der Waals surface area contributed by atoms with E-state index in [0.717, 1.165) is 56.1 Å². The smallest absolute Gasteiger partial charge is 0.168 e. The molecule has 4 saturated carbocycles. The van der Waals surface area contributed by atoms with Crippen LogP contribution in [-0.2, 0) is 9.47 Å². The molecule has 0 amide bonds. The molecule has 1 aliphatic heterocycles. The lowest BCUT2D eigenvalue weighted by molar-refractivity contribution is -0.232. The summed E-state index contributed by atoms with van der Waals surface area (Å²) in [4.78, 5) is 0. The third-order valence-corrected chi connectivity index (χ3v) is 10.0. The van der Waals surface area contributed by atoms with Crippen LogP contribution in [0.3, 0.4) is 0 Å². The van der Waals surface area contributed by atoms with Gasteiger partial charge in [0, 0.05) is 12.8 Å². The molecule has 0 aromatic rings. The summed E-state index contributed by atoms with van der Waals surface area (Å²) in [5.41, 5.74) is 0.146. The Labute approximate surface area is 152 Å². The van der Waals surface area contributed by atoms with Gasteiger partial charge in [0.05, 0.1) is 18.8 Å². The minimum Gasteiger partial charge on any atom is -0.390 e. The largest absolute Gasteiger partial charge is 0.390 e. The van der Waals surface area contributed by atoms with Crippen LogP contribution >= 0.6 is 0 Å². The predicted molar refractivity (Wildman–Crippen MR) is 97.0 cm³/mol. The molecule has 1 heterocycles. The molecule has 5 aliphatic rings. The predicted octanol–water partition coefficient (Wildman–Crippen LogP) is 4.52. The van der Waals surface area contributed by atoms with Crippen molar-refractivity contribution in [2.75, 3.05) is 13.2 Å². The number of hydrogen-bond donors (Lipinski definition) is 1. The van der Waals surface area contributed by atoms with E-state index in [9.17, 15) is 5.11 Å². The first-order valence-corrected chi connectivity index (χ1v) is 10.8. The monoisotopic (exact) mass is 348 g/mol. The van der Waals surface area contributed by atoms with Crippen molar-refractivity contribution in [2.24, 2.45) is 34.5 Å². The van der Waals surface area contributed by atoms with Crippen LogP contribution in [0.25, 0.3) is 0 Å². The highest BCUT2D eigenvalue weighted by Gasteiger charge is 2.64. The number of fused-ring (bicyclic) bond motifs is 5. The average molecular weight is 349 g/mol. The summed E-state index contributed by atoms with van der Waals surface area (Å²) in [6.45, 7) is 8.66. The minimum atomic E-state index is -0.456. The zero-order valence-electron chi connectivity index (χ0n) is 16.4. The summed E-state index contributed by atoms with van der Waals surface area (Å²) in [5, 5.41) is 11.0. The molecule has 5 rings (SSSR count). The van der Waals surface area contributed by atoms with Crippen LogP contribution in [0.2, 0.25) is 0 Å². The lowest BCUT2D eigenvalue weighted by Gasteiger charge is -2.62. The third-order valence-electron chi connectivity index (χ3n) is 10.0. The highest BCUT2D eigenvalue weighted by atomic mass is 16.7. The molecular formula is C22H36O3.